The number of ether oxygens (including phenoxy) is 1. The number of para-hydroxylation sites is 1. The summed E-state index contributed by atoms with van der Waals surface area (Å²) in [4.78, 5) is 2.47. The molecule has 4 nitrogen and oxygen atoms in total. The molecule has 0 bridgehead atoms. The van der Waals surface area contributed by atoms with E-state index in [0.717, 1.165) is 38.0 Å². The molecule has 1 saturated heterocycles. The van der Waals surface area contributed by atoms with Crippen LogP contribution in [0.5, 0.6) is 11.5 Å². The zero-order valence-corrected chi connectivity index (χ0v) is 12.7. The molecule has 1 aliphatic rings. The van der Waals surface area contributed by atoms with Gasteiger partial charge in [0.1, 0.15) is 0 Å². The third kappa shape index (κ3) is 3.25. The molecule has 2 N–H and O–H groups in total. The molecule has 1 fully saturated rings. The molecule has 1 heterocycles. The van der Waals surface area contributed by atoms with E-state index in [-0.39, 0.29) is 5.75 Å². The van der Waals surface area contributed by atoms with Crippen LogP contribution >= 0.6 is 0 Å². The largest absolute Gasteiger partial charge is 0.504 e. The maximum atomic E-state index is 10.2. The second kappa shape index (κ2) is 6.95. The van der Waals surface area contributed by atoms with Crippen LogP contribution < -0.4 is 10.1 Å². The number of benzene rings is 1. The summed E-state index contributed by atoms with van der Waals surface area (Å²) >= 11 is 0. The number of methoxy groups -OCH3 is 1. The molecule has 0 radical (unpaired) electrons. The Labute approximate surface area is 121 Å². The number of nitrogens with zero attached hydrogens (tertiary/aromatic N) is 1. The first-order valence-electron chi connectivity index (χ1n) is 7.51. The van der Waals surface area contributed by atoms with E-state index in [1.54, 1.807) is 13.2 Å². The number of phenols is 1. The van der Waals surface area contributed by atoms with E-state index < -0.39 is 0 Å². The predicted octanol–water partition coefficient (Wildman–Crippen LogP) is 2.36. The van der Waals surface area contributed by atoms with Crippen LogP contribution in [0.2, 0.25) is 0 Å². The number of hydrogen-bond donors (Lipinski definition) is 2. The average molecular weight is 278 g/mol. The minimum atomic E-state index is 0.274. The molecule has 0 amide bonds. The Hall–Kier alpha value is -1.26. The zero-order chi connectivity index (χ0) is 14.5. The number of phenolic OH excluding ortho intramolecular Hbond substituents is 1. The topological polar surface area (TPSA) is 44.7 Å². The summed E-state index contributed by atoms with van der Waals surface area (Å²) in [5.41, 5.74) is 0.944. The zero-order valence-electron chi connectivity index (χ0n) is 12.7. The van der Waals surface area contributed by atoms with Crippen molar-refractivity contribution >= 4 is 0 Å². The van der Waals surface area contributed by atoms with E-state index in [4.69, 9.17) is 4.74 Å². The van der Waals surface area contributed by atoms with Gasteiger partial charge >= 0.3 is 0 Å². The highest BCUT2D eigenvalue weighted by Crippen LogP contribution is 2.31. The third-order valence-electron chi connectivity index (χ3n) is 4.25. The van der Waals surface area contributed by atoms with Gasteiger partial charge in [0.25, 0.3) is 0 Å². The molecule has 0 aliphatic carbocycles. The Morgan fingerprint density at radius 2 is 2.15 bits per heavy atom. The van der Waals surface area contributed by atoms with Gasteiger partial charge in [-0.15, -0.1) is 0 Å². The van der Waals surface area contributed by atoms with Crippen molar-refractivity contribution in [1.82, 2.24) is 10.2 Å². The molecule has 4 heteroatoms. The van der Waals surface area contributed by atoms with Crippen molar-refractivity contribution in [2.24, 2.45) is 0 Å². The lowest BCUT2D eigenvalue weighted by atomic mass is 10.0. The average Bonchev–Trinajstić information content (AvgIpc) is 2.49. The van der Waals surface area contributed by atoms with Gasteiger partial charge in [0, 0.05) is 37.3 Å². The Morgan fingerprint density at radius 1 is 1.35 bits per heavy atom. The smallest absolute Gasteiger partial charge is 0.162 e. The molecule has 20 heavy (non-hydrogen) atoms. The minimum absolute atomic E-state index is 0.274. The number of hydrogen-bond acceptors (Lipinski definition) is 4. The van der Waals surface area contributed by atoms with E-state index in [0.29, 0.717) is 17.8 Å². The minimum Gasteiger partial charge on any atom is -0.504 e. The fourth-order valence-electron chi connectivity index (χ4n) is 2.88. The predicted molar refractivity (Wildman–Crippen MR) is 81.2 cm³/mol. The van der Waals surface area contributed by atoms with Crippen molar-refractivity contribution < 1.29 is 9.84 Å². The standard InChI is InChI=1S/C16H26N2O2/c1-4-13-11-18(14(5-2)9-17-13)10-12-7-6-8-15(20-3)16(12)19/h6-8,13-14,17,19H,4-5,9-11H2,1-3H3. The number of nitrogens with one attached hydrogen (secondary N) is 1. The van der Waals surface area contributed by atoms with Crippen LogP contribution in [0.4, 0.5) is 0 Å². The monoisotopic (exact) mass is 278 g/mol. The fraction of sp³-hybridized carbons (Fsp3) is 0.625. The Bertz CT molecular complexity index is 436. The molecule has 1 aliphatic heterocycles. The summed E-state index contributed by atoms with van der Waals surface area (Å²) in [6.45, 7) is 7.27. The van der Waals surface area contributed by atoms with Gasteiger partial charge in [-0.2, -0.15) is 0 Å². The Kier molecular flexibility index (Phi) is 5.26. The van der Waals surface area contributed by atoms with Gasteiger partial charge in [0.05, 0.1) is 7.11 Å². The van der Waals surface area contributed by atoms with Crippen LogP contribution in [-0.2, 0) is 6.54 Å². The maximum absolute atomic E-state index is 10.2. The molecule has 2 unspecified atom stereocenters. The van der Waals surface area contributed by atoms with E-state index >= 15 is 0 Å². The van der Waals surface area contributed by atoms with Gasteiger partial charge < -0.3 is 15.2 Å². The lowest BCUT2D eigenvalue weighted by molar-refractivity contribution is 0.116. The van der Waals surface area contributed by atoms with Gasteiger partial charge in [-0.3, -0.25) is 4.90 Å². The Balaban J connectivity index is 2.14. The van der Waals surface area contributed by atoms with Crippen LogP contribution in [0, 0.1) is 0 Å². The van der Waals surface area contributed by atoms with Gasteiger partial charge in [-0.1, -0.05) is 26.0 Å². The second-order valence-electron chi connectivity index (χ2n) is 5.47. The third-order valence-corrected chi connectivity index (χ3v) is 4.25. The van der Waals surface area contributed by atoms with E-state index in [9.17, 15) is 5.11 Å². The number of piperazine rings is 1. The maximum Gasteiger partial charge on any atom is 0.162 e. The van der Waals surface area contributed by atoms with Crippen LogP contribution in [0.1, 0.15) is 32.3 Å². The summed E-state index contributed by atoms with van der Waals surface area (Å²) in [5.74, 6) is 0.828. The summed E-state index contributed by atoms with van der Waals surface area (Å²) in [5, 5.41) is 13.8. The van der Waals surface area contributed by atoms with Crippen molar-refractivity contribution in [3.05, 3.63) is 23.8 Å². The molecule has 112 valence electrons. The summed E-state index contributed by atoms with van der Waals surface area (Å²) in [6, 6.07) is 6.79. The molecule has 0 spiro atoms. The van der Waals surface area contributed by atoms with Crippen LogP contribution in [0.3, 0.4) is 0 Å². The van der Waals surface area contributed by atoms with Crippen molar-refractivity contribution in [3.63, 3.8) is 0 Å². The van der Waals surface area contributed by atoms with E-state index in [1.165, 1.54) is 0 Å². The van der Waals surface area contributed by atoms with Crippen LogP contribution in [0.25, 0.3) is 0 Å². The van der Waals surface area contributed by atoms with Crippen molar-refractivity contribution in [2.75, 3.05) is 20.2 Å². The summed E-state index contributed by atoms with van der Waals surface area (Å²) in [7, 11) is 1.59. The molecule has 1 aromatic rings. The molecule has 1 aromatic carbocycles. The highest BCUT2D eigenvalue weighted by molar-refractivity contribution is 5.45. The second-order valence-corrected chi connectivity index (χ2v) is 5.47. The molecule has 2 rings (SSSR count). The van der Waals surface area contributed by atoms with Crippen molar-refractivity contribution in [2.45, 2.75) is 45.3 Å². The molecule has 0 aromatic heterocycles. The quantitative estimate of drug-likeness (QED) is 0.868. The van der Waals surface area contributed by atoms with E-state index in [1.807, 2.05) is 12.1 Å². The SMILES string of the molecule is CCC1CN(Cc2cccc(OC)c2O)C(CC)CN1. The molecule has 0 saturated carbocycles. The van der Waals surface area contributed by atoms with Gasteiger partial charge in [0.15, 0.2) is 11.5 Å². The van der Waals surface area contributed by atoms with Crippen LogP contribution in [0.15, 0.2) is 18.2 Å². The van der Waals surface area contributed by atoms with Gasteiger partial charge in [0.2, 0.25) is 0 Å². The Morgan fingerprint density at radius 3 is 2.80 bits per heavy atom. The van der Waals surface area contributed by atoms with Crippen LogP contribution in [-0.4, -0.2) is 42.3 Å². The molecular weight excluding hydrogens is 252 g/mol. The highest BCUT2D eigenvalue weighted by Gasteiger charge is 2.26. The number of rotatable bonds is 5. The summed E-state index contributed by atoms with van der Waals surface area (Å²) < 4.78 is 5.19. The first-order valence-corrected chi connectivity index (χ1v) is 7.51. The first-order chi connectivity index (χ1) is 9.69. The molecule has 2 atom stereocenters. The molecular formula is C16H26N2O2. The van der Waals surface area contributed by atoms with Crippen molar-refractivity contribution in [1.29, 1.82) is 0 Å². The van der Waals surface area contributed by atoms with Gasteiger partial charge in [-0.05, 0) is 18.9 Å². The fourth-order valence-corrected chi connectivity index (χ4v) is 2.88. The lowest BCUT2D eigenvalue weighted by Gasteiger charge is -2.40. The van der Waals surface area contributed by atoms with Crippen molar-refractivity contribution in [3.8, 4) is 11.5 Å². The number of aromatic hydroxyl groups is 1. The summed E-state index contributed by atoms with van der Waals surface area (Å²) in [6.07, 6.45) is 2.26. The van der Waals surface area contributed by atoms with E-state index in [2.05, 4.69) is 24.1 Å². The lowest BCUT2D eigenvalue weighted by Crippen LogP contribution is -2.55. The van der Waals surface area contributed by atoms with Gasteiger partial charge in [-0.25, -0.2) is 0 Å². The first kappa shape index (κ1) is 15.1. The normalized spacial score (nSPS) is 23.8. The highest BCUT2D eigenvalue weighted by atomic mass is 16.5.